The van der Waals surface area contributed by atoms with Crippen LogP contribution in [0.1, 0.15) is 10.4 Å². The molecule has 0 aliphatic heterocycles. The van der Waals surface area contributed by atoms with Gasteiger partial charge < -0.3 is 0 Å². The predicted molar refractivity (Wildman–Crippen MR) is 37.0 cm³/mol. The fourth-order valence-electron chi connectivity index (χ4n) is 0.564. The molecule has 0 aromatic carbocycles. The highest BCUT2D eigenvalue weighted by atomic mass is 32.1. The van der Waals surface area contributed by atoms with Gasteiger partial charge >= 0.3 is 0 Å². The normalized spacial score (nSPS) is 8.22. The van der Waals surface area contributed by atoms with E-state index in [1.807, 2.05) is 18.4 Å². The van der Waals surface area contributed by atoms with Crippen molar-refractivity contribution in [2.75, 3.05) is 0 Å². The maximum Gasteiger partial charge on any atom is 0.111 e. The van der Waals surface area contributed by atoms with Crippen LogP contribution in [0.4, 0.5) is 4.39 Å². The molecule has 0 amide bonds. The van der Waals surface area contributed by atoms with Crippen molar-refractivity contribution in [2.24, 2.45) is 0 Å². The Balaban J connectivity index is 2.93. The zero-order valence-corrected chi connectivity index (χ0v) is 5.76. The number of aryl methyl sites for hydroxylation is 1. The molecule has 0 bridgehead atoms. The highest BCUT2D eigenvalue weighted by molar-refractivity contribution is 7.10. The molecule has 0 atom stereocenters. The van der Waals surface area contributed by atoms with E-state index < -0.39 is 0 Å². The van der Waals surface area contributed by atoms with Crippen molar-refractivity contribution in [1.82, 2.24) is 0 Å². The van der Waals surface area contributed by atoms with Gasteiger partial charge in [-0.3, -0.25) is 0 Å². The third-order valence-corrected chi connectivity index (χ3v) is 1.78. The maximum atomic E-state index is 11.3. The Kier molecular flexibility index (Phi) is 1.86. The summed E-state index contributed by atoms with van der Waals surface area (Å²) in [6.07, 6.45) is 1.35. The summed E-state index contributed by atoms with van der Waals surface area (Å²) in [5, 5.41) is 1.84. The zero-order chi connectivity index (χ0) is 6.69. The summed E-state index contributed by atoms with van der Waals surface area (Å²) < 4.78 is 11.3. The second kappa shape index (κ2) is 2.65. The number of hydrogen-bond acceptors (Lipinski definition) is 1. The highest BCUT2D eigenvalue weighted by Crippen LogP contribution is 2.11. The number of hydrogen-bond donors (Lipinski definition) is 0. The minimum Gasteiger partial charge on any atom is -0.148 e. The Morgan fingerprint density at radius 2 is 2.44 bits per heavy atom. The quantitative estimate of drug-likeness (QED) is 0.485. The van der Waals surface area contributed by atoms with Crippen LogP contribution in [0, 0.1) is 19.0 Å². The van der Waals surface area contributed by atoms with Gasteiger partial charge in [-0.15, -0.1) is 15.7 Å². The monoisotopic (exact) mass is 140 g/mol. The van der Waals surface area contributed by atoms with E-state index in [9.17, 15) is 4.39 Å². The van der Waals surface area contributed by atoms with Crippen molar-refractivity contribution in [2.45, 2.75) is 6.92 Å². The number of thiophene rings is 1. The minimum atomic E-state index is 0.764. The first-order chi connectivity index (χ1) is 4.33. The summed E-state index contributed by atoms with van der Waals surface area (Å²) in [7, 11) is 0. The predicted octanol–water partition coefficient (Wildman–Crippen LogP) is 2.34. The van der Waals surface area contributed by atoms with Crippen LogP contribution in [0.3, 0.4) is 0 Å². The molecule has 0 nitrogen and oxygen atoms in total. The Bertz CT molecular complexity index is 251. The van der Waals surface area contributed by atoms with Gasteiger partial charge in [-0.2, -0.15) is 0 Å². The standard InChI is InChI=1S/C7H5FS/c1-6-4-7(2-3-8)5-9-6/h4-5H,1H3. The lowest BCUT2D eigenvalue weighted by Crippen LogP contribution is -1.59. The molecular weight excluding hydrogens is 135 g/mol. The van der Waals surface area contributed by atoms with Crippen molar-refractivity contribution >= 4 is 11.3 Å². The van der Waals surface area contributed by atoms with Crippen LogP contribution in [-0.2, 0) is 0 Å². The van der Waals surface area contributed by atoms with Crippen LogP contribution in [0.25, 0.3) is 0 Å². The molecule has 0 radical (unpaired) electrons. The van der Waals surface area contributed by atoms with Gasteiger partial charge in [0.05, 0.1) is 0 Å². The van der Waals surface area contributed by atoms with Gasteiger partial charge in [0.25, 0.3) is 0 Å². The fourth-order valence-corrected chi connectivity index (χ4v) is 1.20. The molecule has 1 rings (SSSR count). The van der Waals surface area contributed by atoms with Crippen molar-refractivity contribution in [3.63, 3.8) is 0 Å². The van der Waals surface area contributed by atoms with Crippen LogP contribution < -0.4 is 0 Å². The summed E-state index contributed by atoms with van der Waals surface area (Å²) in [6, 6.07) is 1.86. The van der Waals surface area contributed by atoms with E-state index in [4.69, 9.17) is 0 Å². The topological polar surface area (TPSA) is 0 Å². The van der Waals surface area contributed by atoms with Crippen molar-refractivity contribution < 1.29 is 4.39 Å². The average Bonchev–Trinajstić information content (AvgIpc) is 2.17. The third kappa shape index (κ3) is 1.55. The molecular formula is C7H5FS. The van der Waals surface area contributed by atoms with Gasteiger partial charge in [-0.05, 0) is 18.9 Å². The van der Waals surface area contributed by atoms with Gasteiger partial charge in [0, 0.05) is 15.8 Å². The van der Waals surface area contributed by atoms with Crippen LogP contribution in [-0.4, -0.2) is 0 Å². The second-order valence-corrected chi connectivity index (χ2v) is 2.78. The van der Waals surface area contributed by atoms with Crippen LogP contribution in [0.15, 0.2) is 11.4 Å². The second-order valence-electron chi connectivity index (χ2n) is 1.67. The first-order valence-electron chi connectivity index (χ1n) is 2.49. The lowest BCUT2D eigenvalue weighted by atomic mass is 10.3. The summed E-state index contributed by atoms with van der Waals surface area (Å²) in [5.41, 5.74) is 0.764. The first kappa shape index (κ1) is 6.31. The smallest absolute Gasteiger partial charge is 0.111 e. The van der Waals surface area contributed by atoms with E-state index in [0.29, 0.717) is 0 Å². The van der Waals surface area contributed by atoms with Crippen LogP contribution in [0.2, 0.25) is 0 Å². The molecule has 0 saturated carbocycles. The summed E-state index contributed by atoms with van der Waals surface area (Å²) >= 11 is 1.58. The van der Waals surface area contributed by atoms with Gasteiger partial charge in [0.1, 0.15) is 6.17 Å². The molecule has 0 saturated heterocycles. The van der Waals surface area contributed by atoms with Gasteiger partial charge in [-0.25, -0.2) is 0 Å². The molecule has 0 aliphatic carbocycles. The van der Waals surface area contributed by atoms with E-state index in [-0.39, 0.29) is 0 Å². The SMILES string of the molecule is Cc1cc(C#CF)cs1. The lowest BCUT2D eigenvalue weighted by Gasteiger charge is -1.71. The first-order valence-corrected chi connectivity index (χ1v) is 3.37. The van der Waals surface area contributed by atoms with Gasteiger partial charge in [-0.1, -0.05) is 0 Å². The molecule has 2 heteroatoms. The van der Waals surface area contributed by atoms with E-state index in [0.717, 1.165) is 10.4 Å². The molecule has 1 aromatic heterocycles. The molecule has 0 N–H and O–H groups in total. The molecule has 0 unspecified atom stereocenters. The van der Waals surface area contributed by atoms with E-state index in [2.05, 4.69) is 5.92 Å². The van der Waals surface area contributed by atoms with E-state index in [1.165, 1.54) is 6.17 Å². The third-order valence-electron chi connectivity index (χ3n) is 0.922. The molecule has 1 aromatic rings. The summed E-state index contributed by atoms with van der Waals surface area (Å²) in [4.78, 5) is 1.16. The minimum absolute atomic E-state index is 0.764. The highest BCUT2D eigenvalue weighted by Gasteiger charge is 1.88. The van der Waals surface area contributed by atoms with Crippen molar-refractivity contribution in [3.8, 4) is 12.1 Å². The van der Waals surface area contributed by atoms with E-state index in [1.54, 1.807) is 11.3 Å². The largest absolute Gasteiger partial charge is 0.148 e. The van der Waals surface area contributed by atoms with Crippen molar-refractivity contribution in [3.05, 3.63) is 21.9 Å². The van der Waals surface area contributed by atoms with Crippen LogP contribution >= 0.6 is 11.3 Å². The van der Waals surface area contributed by atoms with E-state index >= 15 is 0 Å². The molecule has 0 fully saturated rings. The van der Waals surface area contributed by atoms with Crippen molar-refractivity contribution in [1.29, 1.82) is 0 Å². The maximum absolute atomic E-state index is 11.3. The fraction of sp³-hybridized carbons (Fsp3) is 0.143. The molecule has 9 heavy (non-hydrogen) atoms. The summed E-state index contributed by atoms with van der Waals surface area (Å²) in [5.74, 6) is 2.32. The number of rotatable bonds is 0. The average molecular weight is 140 g/mol. The zero-order valence-electron chi connectivity index (χ0n) is 4.94. The van der Waals surface area contributed by atoms with Gasteiger partial charge in [0.15, 0.2) is 0 Å². The Morgan fingerprint density at radius 1 is 1.67 bits per heavy atom. The Hall–Kier alpha value is -0.810. The van der Waals surface area contributed by atoms with Gasteiger partial charge in [0.2, 0.25) is 0 Å². The molecule has 46 valence electrons. The Morgan fingerprint density at radius 3 is 2.89 bits per heavy atom. The molecule has 0 spiro atoms. The molecule has 0 aliphatic rings. The lowest BCUT2D eigenvalue weighted by molar-refractivity contribution is 0.774. The van der Waals surface area contributed by atoms with Crippen LogP contribution in [0.5, 0.6) is 0 Å². The number of halogens is 1. The molecule has 1 heterocycles. The Labute approximate surface area is 57.3 Å². The summed E-state index contributed by atoms with van der Waals surface area (Å²) in [6.45, 7) is 1.97.